The molecule has 3 aromatic carbocycles. The summed E-state index contributed by atoms with van der Waals surface area (Å²) in [6.45, 7) is 14.2. The fourth-order valence-corrected chi connectivity index (χ4v) is 10.9. The van der Waals surface area contributed by atoms with Gasteiger partial charge in [0.05, 0.1) is 0 Å². The van der Waals surface area contributed by atoms with Gasteiger partial charge in [0.2, 0.25) is 0 Å². The second kappa shape index (κ2) is 10.4. The summed E-state index contributed by atoms with van der Waals surface area (Å²) in [6.07, 6.45) is 2.16. The fourth-order valence-electron chi connectivity index (χ4n) is 4.79. The van der Waals surface area contributed by atoms with Crippen LogP contribution in [0.3, 0.4) is 0 Å². The number of allylic oxidation sites excluding steroid dienone is 1. The highest BCUT2D eigenvalue weighted by Crippen LogP contribution is 2.41. The predicted molar refractivity (Wildman–Crippen MR) is 143 cm³/mol. The van der Waals surface area contributed by atoms with Gasteiger partial charge >= 0.3 is 0 Å². The highest BCUT2D eigenvalue weighted by molar-refractivity contribution is 8.08. The van der Waals surface area contributed by atoms with Gasteiger partial charge in [-0.3, -0.25) is 0 Å². The van der Waals surface area contributed by atoms with E-state index in [1.54, 1.807) is 11.8 Å². The van der Waals surface area contributed by atoms with Crippen LogP contribution < -0.4 is 0 Å². The Morgan fingerprint density at radius 2 is 1.32 bits per heavy atom. The summed E-state index contributed by atoms with van der Waals surface area (Å²) in [4.78, 5) is 2.45. The van der Waals surface area contributed by atoms with Crippen molar-refractivity contribution in [3.63, 3.8) is 0 Å². The van der Waals surface area contributed by atoms with E-state index < -0.39 is 8.07 Å². The lowest BCUT2D eigenvalue weighted by molar-refractivity contribution is 0.838. The van der Waals surface area contributed by atoms with E-state index in [0.717, 1.165) is 0 Å². The zero-order valence-electron chi connectivity index (χ0n) is 19.6. The third-order valence-corrected chi connectivity index (χ3v) is 13.8. The van der Waals surface area contributed by atoms with Crippen LogP contribution in [0.4, 0.5) is 0 Å². The molecule has 0 aliphatic heterocycles. The molecule has 0 unspecified atom stereocenters. The summed E-state index contributed by atoms with van der Waals surface area (Å²) in [6, 6.07) is 25.9. The predicted octanol–water partition coefficient (Wildman–Crippen LogP) is 9.19. The van der Waals surface area contributed by atoms with Gasteiger partial charge in [-0.05, 0) is 51.2 Å². The zero-order valence-corrected chi connectivity index (χ0v) is 21.5. The number of benzene rings is 3. The lowest BCUT2D eigenvalue weighted by Crippen LogP contribution is -2.43. The summed E-state index contributed by atoms with van der Waals surface area (Å²) in [5.74, 6) is 3.57. The maximum atomic E-state index is 3.85. The Bertz CT molecular complexity index is 1080. The number of hydrogen-bond acceptors (Lipinski definition) is 1. The third-order valence-electron chi connectivity index (χ3n) is 6.36. The summed E-state index contributed by atoms with van der Waals surface area (Å²) < 4.78 is 0. The molecule has 0 aliphatic rings. The van der Waals surface area contributed by atoms with Crippen LogP contribution in [0.1, 0.15) is 47.1 Å². The van der Waals surface area contributed by atoms with Crippen molar-refractivity contribution in [3.8, 4) is 11.5 Å². The van der Waals surface area contributed by atoms with Crippen LogP contribution in [0.2, 0.25) is 16.6 Å². The van der Waals surface area contributed by atoms with E-state index in [0.29, 0.717) is 16.6 Å². The van der Waals surface area contributed by atoms with E-state index in [9.17, 15) is 0 Å². The number of thioether (sulfide) groups is 1. The lowest BCUT2D eigenvalue weighted by atomic mass is 10.1. The monoisotopic (exact) mass is 442 g/mol. The average Bonchev–Trinajstić information content (AvgIpc) is 2.75. The first-order valence-electron chi connectivity index (χ1n) is 11.3. The van der Waals surface area contributed by atoms with Crippen LogP contribution >= 0.6 is 11.8 Å². The van der Waals surface area contributed by atoms with Crippen LogP contribution in [-0.4, -0.2) is 8.07 Å². The minimum atomic E-state index is -1.75. The molecular formula is C29H34SSi. The average molecular weight is 443 g/mol. The molecule has 0 N–H and O–H groups in total. The molecule has 0 radical (unpaired) electrons. The van der Waals surface area contributed by atoms with Crippen molar-refractivity contribution in [2.75, 3.05) is 0 Å². The normalized spacial score (nSPS) is 12.5. The minimum absolute atomic E-state index is 0.638. The van der Waals surface area contributed by atoms with E-state index in [1.807, 2.05) is 0 Å². The van der Waals surface area contributed by atoms with Crippen molar-refractivity contribution >= 4 is 35.5 Å². The van der Waals surface area contributed by atoms with Crippen LogP contribution in [0.5, 0.6) is 0 Å². The number of fused-ring (bicyclic) bond motifs is 1. The summed E-state index contributed by atoms with van der Waals surface area (Å²) in [5.41, 5.74) is 7.00. The Kier molecular flexibility index (Phi) is 7.87. The van der Waals surface area contributed by atoms with Crippen molar-refractivity contribution in [2.24, 2.45) is 0 Å². The van der Waals surface area contributed by atoms with Crippen molar-refractivity contribution < 1.29 is 0 Å². The molecule has 0 saturated carbocycles. The summed E-state index contributed by atoms with van der Waals surface area (Å²) in [5, 5.41) is 2.54. The number of hydrogen-bond donors (Lipinski definition) is 0. The zero-order chi connectivity index (χ0) is 22.4. The molecule has 3 aromatic rings. The molecule has 0 nitrogen and oxygen atoms in total. The van der Waals surface area contributed by atoms with E-state index >= 15 is 0 Å². The van der Waals surface area contributed by atoms with Gasteiger partial charge in [0.25, 0.3) is 0 Å². The van der Waals surface area contributed by atoms with Gasteiger partial charge in [0, 0.05) is 15.9 Å². The van der Waals surface area contributed by atoms with Crippen molar-refractivity contribution in [1.82, 2.24) is 0 Å². The van der Waals surface area contributed by atoms with Gasteiger partial charge in [-0.25, -0.2) is 0 Å². The topological polar surface area (TPSA) is 0 Å². The molecule has 0 heterocycles. The first kappa shape index (κ1) is 23.5. The Morgan fingerprint density at radius 1 is 0.742 bits per heavy atom. The SMILES string of the molecule is CC(C)[Si](C#C/C=C(\Sc1ccccc1)c1ccc2ccccc2c1)(C(C)C)C(C)C. The molecule has 160 valence electrons. The maximum absolute atomic E-state index is 3.85. The molecule has 0 bridgehead atoms. The molecule has 0 saturated heterocycles. The lowest BCUT2D eigenvalue weighted by Gasteiger charge is -2.38. The first-order chi connectivity index (χ1) is 14.8. The summed E-state index contributed by atoms with van der Waals surface area (Å²) >= 11 is 1.80. The van der Waals surface area contributed by atoms with E-state index in [1.165, 1.54) is 26.1 Å². The van der Waals surface area contributed by atoms with Crippen molar-refractivity contribution in [3.05, 3.63) is 84.4 Å². The molecule has 2 heteroatoms. The van der Waals surface area contributed by atoms with Crippen LogP contribution in [-0.2, 0) is 0 Å². The smallest absolute Gasteiger partial charge is 0.126 e. The molecule has 0 spiro atoms. The Hall–Kier alpha value is -2.21. The standard InChI is InChI=1S/C29H34SSi/c1-22(2)31(23(3)4,24(5)6)20-12-17-29(30-28-15-8-7-9-16-28)27-19-18-25-13-10-11-14-26(25)21-27/h7-11,13-19,21-24H,1-6H3/b29-17-. The van der Waals surface area contributed by atoms with E-state index in [2.05, 4.69) is 132 Å². The molecule has 0 fully saturated rings. The third kappa shape index (κ3) is 5.35. The second-order valence-electron chi connectivity index (χ2n) is 9.15. The van der Waals surface area contributed by atoms with Gasteiger partial charge in [-0.15, -0.1) is 5.54 Å². The van der Waals surface area contributed by atoms with Crippen molar-refractivity contribution in [1.29, 1.82) is 0 Å². The van der Waals surface area contributed by atoms with Crippen LogP contribution in [0.25, 0.3) is 15.7 Å². The highest BCUT2D eigenvalue weighted by atomic mass is 32.2. The first-order valence-corrected chi connectivity index (χ1v) is 14.3. The van der Waals surface area contributed by atoms with Gasteiger partial charge in [0.1, 0.15) is 8.07 Å². The molecular weight excluding hydrogens is 408 g/mol. The van der Waals surface area contributed by atoms with Crippen LogP contribution in [0, 0.1) is 11.5 Å². The van der Waals surface area contributed by atoms with Gasteiger partial charge < -0.3 is 0 Å². The quantitative estimate of drug-likeness (QED) is 0.208. The summed E-state index contributed by atoms with van der Waals surface area (Å²) in [7, 11) is -1.75. The molecule has 0 aromatic heterocycles. The molecule has 0 amide bonds. The van der Waals surface area contributed by atoms with Gasteiger partial charge in [0.15, 0.2) is 0 Å². The Morgan fingerprint density at radius 3 is 1.94 bits per heavy atom. The molecule has 3 rings (SSSR count). The largest absolute Gasteiger partial charge is 0.146 e. The molecule has 0 aliphatic carbocycles. The van der Waals surface area contributed by atoms with Crippen molar-refractivity contribution in [2.45, 2.75) is 63.1 Å². The minimum Gasteiger partial charge on any atom is -0.126 e. The maximum Gasteiger partial charge on any atom is 0.146 e. The highest BCUT2D eigenvalue weighted by Gasteiger charge is 2.41. The number of rotatable bonds is 6. The Labute approximate surface area is 194 Å². The second-order valence-corrected chi connectivity index (χ2v) is 15.8. The molecule has 0 atom stereocenters. The van der Waals surface area contributed by atoms with Crippen LogP contribution in [0.15, 0.2) is 83.8 Å². The van der Waals surface area contributed by atoms with E-state index in [4.69, 9.17) is 0 Å². The fraction of sp³-hybridized carbons (Fsp3) is 0.310. The van der Waals surface area contributed by atoms with Gasteiger partial charge in [-0.1, -0.05) is 114 Å². The van der Waals surface area contributed by atoms with E-state index in [-0.39, 0.29) is 0 Å². The van der Waals surface area contributed by atoms with Gasteiger partial charge in [-0.2, -0.15) is 0 Å². The molecule has 31 heavy (non-hydrogen) atoms. The Balaban J connectivity index is 2.08.